The molecule has 0 spiro atoms. The molecule has 4 nitrogen and oxygen atoms in total. The lowest BCUT2D eigenvalue weighted by Gasteiger charge is -2.50. The summed E-state index contributed by atoms with van der Waals surface area (Å²) in [6.07, 6.45) is 2.09. The maximum Gasteiger partial charge on any atom is 0.335 e. The van der Waals surface area contributed by atoms with Gasteiger partial charge < -0.3 is 4.84 Å². The van der Waals surface area contributed by atoms with Crippen LogP contribution in [0.1, 0.15) is 39.2 Å². The summed E-state index contributed by atoms with van der Waals surface area (Å²) in [5, 5.41) is 3.53. The van der Waals surface area contributed by atoms with Crippen LogP contribution < -0.4 is 0 Å². The normalized spacial score (nSPS) is 23.1. The fourth-order valence-electron chi connectivity index (χ4n) is 3.01. The second-order valence-electron chi connectivity index (χ2n) is 6.34. The molecular weight excluding hydrogens is 285 g/mol. The molecule has 0 bridgehead atoms. The van der Waals surface area contributed by atoms with Crippen molar-refractivity contribution in [1.82, 2.24) is 0 Å². The maximum absolute atomic E-state index is 13.3. The number of nitrogens with zero attached hydrogens (tertiary/aromatic N) is 1. The minimum atomic E-state index is -0.465. The highest BCUT2D eigenvalue weighted by Gasteiger charge is 2.50. The minimum absolute atomic E-state index is 0.00668. The lowest BCUT2D eigenvalue weighted by Crippen LogP contribution is -2.48. The van der Waals surface area contributed by atoms with Gasteiger partial charge in [0.05, 0.1) is 12.6 Å². The topological polar surface area (TPSA) is 55.7 Å². The maximum atomic E-state index is 13.3. The van der Waals surface area contributed by atoms with Crippen molar-refractivity contribution in [1.29, 1.82) is 0 Å². The molecule has 22 heavy (non-hydrogen) atoms. The van der Waals surface area contributed by atoms with Crippen LogP contribution in [0.25, 0.3) is 0 Å². The largest absolute Gasteiger partial charge is 0.335 e. The lowest BCUT2D eigenvalue weighted by atomic mass is 9.53. The number of carbonyl (C=O) groups excluding carboxylic acids is 2. The van der Waals surface area contributed by atoms with Crippen molar-refractivity contribution < 1.29 is 18.8 Å². The lowest BCUT2D eigenvalue weighted by molar-refractivity contribution is -0.153. The van der Waals surface area contributed by atoms with Crippen LogP contribution >= 0.6 is 0 Å². The molecule has 5 heteroatoms. The molecule has 1 aromatic rings. The molecule has 1 saturated carbocycles. The van der Waals surface area contributed by atoms with E-state index in [0.29, 0.717) is 6.42 Å². The highest BCUT2D eigenvalue weighted by Crippen LogP contribution is 2.53. The van der Waals surface area contributed by atoms with E-state index in [1.165, 1.54) is 12.3 Å². The van der Waals surface area contributed by atoms with Crippen LogP contribution in [0.3, 0.4) is 0 Å². The second kappa shape index (κ2) is 6.38. The Bertz CT molecular complexity index is 610. The van der Waals surface area contributed by atoms with Crippen LogP contribution in [0.2, 0.25) is 0 Å². The van der Waals surface area contributed by atoms with E-state index in [0.717, 1.165) is 0 Å². The van der Waals surface area contributed by atoms with Gasteiger partial charge in [-0.15, -0.1) is 0 Å². The Hall–Kier alpha value is -2.04. The Balaban J connectivity index is 1.85. The van der Waals surface area contributed by atoms with Gasteiger partial charge in [0.2, 0.25) is 0 Å². The predicted molar refractivity (Wildman–Crippen MR) is 80.8 cm³/mol. The van der Waals surface area contributed by atoms with E-state index >= 15 is 0 Å². The van der Waals surface area contributed by atoms with Crippen molar-refractivity contribution in [3.8, 4) is 0 Å². The van der Waals surface area contributed by atoms with E-state index in [-0.39, 0.29) is 35.0 Å². The number of Topliss-reactive ketones (excluding diaryl/α,β-unsaturated/α-hetero) is 1. The second-order valence-corrected chi connectivity index (χ2v) is 6.34. The van der Waals surface area contributed by atoms with Crippen LogP contribution in [0.4, 0.5) is 4.39 Å². The first-order valence-corrected chi connectivity index (χ1v) is 7.30. The smallest absolute Gasteiger partial charge is 0.318 e. The minimum Gasteiger partial charge on any atom is -0.318 e. The summed E-state index contributed by atoms with van der Waals surface area (Å²) in [4.78, 5) is 28.0. The van der Waals surface area contributed by atoms with Gasteiger partial charge >= 0.3 is 5.97 Å². The number of carbonyl (C=O) groups is 2. The first-order valence-electron chi connectivity index (χ1n) is 7.30. The Morgan fingerprint density at radius 1 is 1.41 bits per heavy atom. The molecule has 0 aromatic heterocycles. The molecule has 0 heterocycles. The van der Waals surface area contributed by atoms with Gasteiger partial charge in [0, 0.05) is 11.5 Å². The molecule has 0 aliphatic heterocycles. The number of ketones is 1. The third-order valence-electron chi connectivity index (χ3n) is 4.63. The molecule has 118 valence electrons. The Labute approximate surface area is 129 Å². The van der Waals surface area contributed by atoms with Crippen molar-refractivity contribution in [2.75, 3.05) is 0 Å². The summed E-state index contributed by atoms with van der Waals surface area (Å²) in [7, 11) is 0. The summed E-state index contributed by atoms with van der Waals surface area (Å²) >= 11 is 0. The first kappa shape index (κ1) is 16.3. The molecule has 1 aliphatic carbocycles. The fourth-order valence-corrected chi connectivity index (χ4v) is 3.01. The quantitative estimate of drug-likeness (QED) is 0.476. The van der Waals surface area contributed by atoms with E-state index in [1.807, 2.05) is 13.8 Å². The van der Waals surface area contributed by atoms with E-state index < -0.39 is 11.8 Å². The highest BCUT2D eigenvalue weighted by molar-refractivity contribution is 5.81. The van der Waals surface area contributed by atoms with Crippen molar-refractivity contribution in [2.24, 2.45) is 22.4 Å². The zero-order chi connectivity index (χ0) is 16.3. The standard InChI is InChI=1S/C17H20FNO3/c1-11(20)14-8-13(17(14,2)3)9-16(21)22-19-10-12-6-4-5-7-15(12)18/h4-7,10,13-14H,8-9H2,1-3H3/t13-,14+/m0/s1. The first-order chi connectivity index (χ1) is 10.3. The molecule has 0 amide bonds. The average Bonchev–Trinajstić information content (AvgIpc) is 2.44. The van der Waals surface area contributed by atoms with Gasteiger partial charge in [-0.1, -0.05) is 37.2 Å². The number of oxime groups is 1. The van der Waals surface area contributed by atoms with Gasteiger partial charge in [-0.2, -0.15) is 0 Å². The number of rotatable bonds is 5. The molecule has 0 radical (unpaired) electrons. The van der Waals surface area contributed by atoms with Gasteiger partial charge in [0.25, 0.3) is 0 Å². The van der Waals surface area contributed by atoms with E-state index in [4.69, 9.17) is 4.84 Å². The van der Waals surface area contributed by atoms with Crippen molar-refractivity contribution in [3.63, 3.8) is 0 Å². The summed E-state index contributed by atoms with van der Waals surface area (Å²) in [5.74, 6) is -0.614. The van der Waals surface area contributed by atoms with E-state index in [9.17, 15) is 14.0 Å². The van der Waals surface area contributed by atoms with Crippen molar-refractivity contribution in [3.05, 3.63) is 35.6 Å². The van der Waals surface area contributed by atoms with Crippen LogP contribution in [0, 0.1) is 23.1 Å². The van der Waals surface area contributed by atoms with Crippen molar-refractivity contribution >= 4 is 18.0 Å². The average molecular weight is 305 g/mol. The molecule has 0 saturated heterocycles. The molecule has 1 aliphatic rings. The fraction of sp³-hybridized carbons (Fsp3) is 0.471. The predicted octanol–water partition coefficient (Wildman–Crippen LogP) is 3.34. The van der Waals surface area contributed by atoms with Crippen LogP contribution in [0.5, 0.6) is 0 Å². The molecule has 0 N–H and O–H groups in total. The zero-order valence-electron chi connectivity index (χ0n) is 13.0. The summed E-state index contributed by atoms with van der Waals surface area (Å²) < 4.78 is 13.3. The SMILES string of the molecule is CC(=O)[C@H]1C[C@@H](CC(=O)ON=Cc2ccccc2F)C1(C)C. The monoisotopic (exact) mass is 305 g/mol. The van der Waals surface area contributed by atoms with Gasteiger partial charge in [0.1, 0.15) is 11.6 Å². The molecule has 1 fully saturated rings. The van der Waals surface area contributed by atoms with Gasteiger partial charge in [-0.3, -0.25) is 4.79 Å². The number of benzene rings is 1. The number of hydrogen-bond donors (Lipinski definition) is 0. The van der Waals surface area contributed by atoms with E-state index in [1.54, 1.807) is 25.1 Å². The zero-order valence-corrected chi connectivity index (χ0v) is 13.0. The van der Waals surface area contributed by atoms with Crippen molar-refractivity contribution in [2.45, 2.75) is 33.6 Å². The van der Waals surface area contributed by atoms with Gasteiger partial charge in [0.15, 0.2) is 0 Å². The van der Waals surface area contributed by atoms with Crippen LogP contribution in [-0.2, 0) is 14.4 Å². The molecule has 1 aromatic carbocycles. The third kappa shape index (κ3) is 3.40. The van der Waals surface area contributed by atoms with E-state index in [2.05, 4.69) is 5.16 Å². The van der Waals surface area contributed by atoms with Gasteiger partial charge in [-0.25, -0.2) is 9.18 Å². The van der Waals surface area contributed by atoms with Gasteiger partial charge in [-0.05, 0) is 30.7 Å². The molecule has 0 unspecified atom stereocenters. The molecule has 2 rings (SSSR count). The number of hydrogen-bond acceptors (Lipinski definition) is 4. The Kier molecular flexibility index (Phi) is 4.74. The molecule has 2 atom stereocenters. The number of halogens is 1. The van der Waals surface area contributed by atoms with Crippen LogP contribution in [-0.4, -0.2) is 18.0 Å². The summed E-state index contributed by atoms with van der Waals surface area (Å²) in [5.41, 5.74) is 0.0658. The highest BCUT2D eigenvalue weighted by atomic mass is 19.1. The summed E-state index contributed by atoms with van der Waals surface area (Å²) in [6, 6.07) is 6.09. The Morgan fingerprint density at radius 2 is 2.09 bits per heavy atom. The Morgan fingerprint density at radius 3 is 2.68 bits per heavy atom. The molecular formula is C17H20FNO3. The summed E-state index contributed by atoms with van der Waals surface area (Å²) in [6.45, 7) is 5.56. The third-order valence-corrected chi connectivity index (χ3v) is 4.63. The van der Waals surface area contributed by atoms with Crippen LogP contribution in [0.15, 0.2) is 29.4 Å².